The third-order valence-electron chi connectivity index (χ3n) is 5.94. The molecule has 2 aromatic carbocycles. The molecular formula is C21H27ClN2O3S. The lowest BCUT2D eigenvalue weighted by molar-refractivity contribution is 0.341. The van der Waals surface area contributed by atoms with Gasteiger partial charge in [0, 0.05) is 13.1 Å². The first-order valence-electron chi connectivity index (χ1n) is 9.36. The molecule has 0 unspecified atom stereocenters. The molecule has 2 aliphatic rings. The fraction of sp³-hybridized carbons (Fsp3) is 0.429. The normalized spacial score (nSPS) is 24.6. The number of ether oxygens (including phenoxy) is 1. The van der Waals surface area contributed by atoms with E-state index in [4.69, 9.17) is 4.74 Å². The number of hydrogen-bond acceptors (Lipinski definition) is 4. The standard InChI is InChI=1S/C21H26N2O3S.ClH/c1-14-8-9-19(26-3)20(10-14)27(24,25)23-13-16-11-22-12-18(16)21(23)17-7-5-4-6-15(17)2;/h4-10,16,18,21-22H,11-13H2,1-3H3;1H/t16-,18-,21-;/m0./s1. The average molecular weight is 423 g/mol. The SMILES string of the molecule is COc1ccc(C)cc1S(=O)(=O)N1C[C@@H]2CNC[C@@H]2[C@@H]1c1ccccc1C.Cl. The molecule has 2 aromatic rings. The molecule has 3 atom stereocenters. The van der Waals surface area contributed by atoms with Crippen LogP contribution in [-0.4, -0.2) is 39.5 Å². The number of benzene rings is 2. The molecule has 28 heavy (non-hydrogen) atoms. The molecule has 0 aliphatic carbocycles. The highest BCUT2D eigenvalue weighted by atomic mass is 35.5. The summed E-state index contributed by atoms with van der Waals surface area (Å²) >= 11 is 0. The second-order valence-electron chi connectivity index (χ2n) is 7.61. The summed E-state index contributed by atoms with van der Waals surface area (Å²) in [4.78, 5) is 0.261. The van der Waals surface area contributed by atoms with Gasteiger partial charge in [-0.1, -0.05) is 30.3 Å². The Morgan fingerprint density at radius 3 is 2.57 bits per heavy atom. The largest absolute Gasteiger partial charge is 0.495 e. The first-order chi connectivity index (χ1) is 12.9. The van der Waals surface area contributed by atoms with E-state index in [0.717, 1.165) is 29.8 Å². The zero-order chi connectivity index (χ0) is 19.2. The lowest BCUT2D eigenvalue weighted by Gasteiger charge is -2.29. The minimum Gasteiger partial charge on any atom is -0.495 e. The highest BCUT2D eigenvalue weighted by molar-refractivity contribution is 7.89. The Hall–Kier alpha value is -1.60. The first-order valence-corrected chi connectivity index (χ1v) is 10.8. The number of rotatable bonds is 4. The number of methoxy groups -OCH3 is 1. The fourth-order valence-corrected chi connectivity index (χ4v) is 6.49. The summed E-state index contributed by atoms with van der Waals surface area (Å²) in [7, 11) is -2.16. The maximum absolute atomic E-state index is 13.7. The predicted octanol–water partition coefficient (Wildman–Crippen LogP) is 3.32. The molecule has 5 nitrogen and oxygen atoms in total. The van der Waals surface area contributed by atoms with Gasteiger partial charge in [-0.2, -0.15) is 4.31 Å². The maximum Gasteiger partial charge on any atom is 0.247 e. The van der Waals surface area contributed by atoms with Crippen molar-refractivity contribution < 1.29 is 13.2 Å². The average Bonchev–Trinajstić information content (AvgIpc) is 3.24. The smallest absolute Gasteiger partial charge is 0.247 e. The summed E-state index contributed by atoms with van der Waals surface area (Å²) in [5, 5.41) is 3.44. The van der Waals surface area contributed by atoms with Gasteiger partial charge < -0.3 is 10.1 Å². The Kier molecular flexibility index (Phi) is 6.05. The second kappa shape index (κ2) is 8.03. The van der Waals surface area contributed by atoms with Gasteiger partial charge in [0.1, 0.15) is 10.6 Å². The van der Waals surface area contributed by atoms with Gasteiger partial charge in [-0.3, -0.25) is 0 Å². The van der Waals surface area contributed by atoms with Crippen LogP contribution >= 0.6 is 12.4 Å². The van der Waals surface area contributed by atoms with E-state index in [0.29, 0.717) is 18.2 Å². The summed E-state index contributed by atoms with van der Waals surface area (Å²) in [5.41, 5.74) is 3.14. The minimum atomic E-state index is -3.68. The van der Waals surface area contributed by atoms with Crippen LogP contribution < -0.4 is 10.1 Å². The van der Waals surface area contributed by atoms with Gasteiger partial charge in [0.25, 0.3) is 0 Å². The number of nitrogens with one attached hydrogen (secondary N) is 1. The van der Waals surface area contributed by atoms with Crippen LogP contribution in [0.25, 0.3) is 0 Å². The maximum atomic E-state index is 13.7. The molecule has 2 fully saturated rings. The van der Waals surface area contributed by atoms with Crippen molar-refractivity contribution in [2.75, 3.05) is 26.7 Å². The molecule has 0 spiro atoms. The molecule has 0 radical (unpaired) electrons. The van der Waals surface area contributed by atoms with Gasteiger partial charge in [-0.05, 0) is 61.1 Å². The Bertz CT molecular complexity index is 964. The molecule has 0 amide bonds. The van der Waals surface area contributed by atoms with Crippen LogP contribution in [0, 0.1) is 25.7 Å². The molecular weight excluding hydrogens is 396 g/mol. The van der Waals surface area contributed by atoms with E-state index in [2.05, 4.69) is 24.4 Å². The molecule has 0 aromatic heterocycles. The van der Waals surface area contributed by atoms with E-state index in [1.54, 1.807) is 16.4 Å². The van der Waals surface area contributed by atoms with Crippen molar-refractivity contribution in [2.24, 2.45) is 11.8 Å². The van der Waals surface area contributed by atoms with Crippen LogP contribution in [0.4, 0.5) is 0 Å². The van der Waals surface area contributed by atoms with Gasteiger partial charge in [-0.15, -0.1) is 12.4 Å². The summed E-state index contributed by atoms with van der Waals surface area (Å²) in [6.45, 7) is 6.21. The minimum absolute atomic E-state index is 0. The van der Waals surface area contributed by atoms with Gasteiger partial charge in [0.05, 0.1) is 13.2 Å². The Balaban J connectivity index is 0.00000225. The van der Waals surface area contributed by atoms with E-state index in [9.17, 15) is 8.42 Å². The fourth-order valence-electron chi connectivity index (χ4n) is 4.54. The number of hydrogen-bond donors (Lipinski definition) is 1. The lowest BCUT2D eigenvalue weighted by atomic mass is 9.88. The number of aryl methyl sites for hydroxylation is 2. The molecule has 152 valence electrons. The van der Waals surface area contributed by atoms with Crippen LogP contribution in [0.1, 0.15) is 22.7 Å². The van der Waals surface area contributed by atoms with Crippen LogP contribution in [0.2, 0.25) is 0 Å². The van der Waals surface area contributed by atoms with Crippen molar-refractivity contribution in [3.63, 3.8) is 0 Å². The van der Waals surface area contributed by atoms with E-state index in [1.165, 1.54) is 7.11 Å². The number of nitrogens with zero attached hydrogens (tertiary/aromatic N) is 1. The third-order valence-corrected chi connectivity index (χ3v) is 7.80. The van der Waals surface area contributed by atoms with Gasteiger partial charge in [-0.25, -0.2) is 8.42 Å². The molecule has 2 aliphatic heterocycles. The molecule has 0 saturated carbocycles. The predicted molar refractivity (Wildman–Crippen MR) is 113 cm³/mol. The van der Waals surface area contributed by atoms with E-state index < -0.39 is 10.0 Å². The van der Waals surface area contributed by atoms with Crippen molar-refractivity contribution in [1.82, 2.24) is 9.62 Å². The highest BCUT2D eigenvalue weighted by Gasteiger charge is 2.50. The Morgan fingerprint density at radius 2 is 1.86 bits per heavy atom. The molecule has 2 heterocycles. The number of fused-ring (bicyclic) bond motifs is 1. The van der Waals surface area contributed by atoms with E-state index >= 15 is 0 Å². The zero-order valence-corrected chi connectivity index (χ0v) is 18.0. The topological polar surface area (TPSA) is 58.6 Å². The quantitative estimate of drug-likeness (QED) is 0.821. The summed E-state index contributed by atoms with van der Waals surface area (Å²) in [6, 6.07) is 13.3. The second-order valence-corrected chi connectivity index (χ2v) is 9.47. The van der Waals surface area contributed by atoms with E-state index in [1.807, 2.05) is 25.1 Å². The lowest BCUT2D eigenvalue weighted by Crippen LogP contribution is -2.35. The van der Waals surface area contributed by atoms with Crippen molar-refractivity contribution in [3.05, 3.63) is 59.2 Å². The number of halogens is 1. The highest BCUT2D eigenvalue weighted by Crippen LogP contribution is 2.47. The van der Waals surface area contributed by atoms with Crippen molar-refractivity contribution in [3.8, 4) is 5.75 Å². The number of sulfonamides is 1. The van der Waals surface area contributed by atoms with Crippen LogP contribution in [-0.2, 0) is 10.0 Å². The van der Waals surface area contributed by atoms with Crippen LogP contribution in [0.5, 0.6) is 5.75 Å². The summed E-state index contributed by atoms with van der Waals surface area (Å²) < 4.78 is 34.5. The molecule has 1 N–H and O–H groups in total. The van der Waals surface area contributed by atoms with Crippen molar-refractivity contribution in [1.29, 1.82) is 0 Å². The summed E-state index contributed by atoms with van der Waals surface area (Å²) in [5.74, 6) is 1.02. The van der Waals surface area contributed by atoms with Crippen molar-refractivity contribution in [2.45, 2.75) is 24.8 Å². The molecule has 0 bridgehead atoms. The van der Waals surface area contributed by atoms with Crippen LogP contribution in [0.15, 0.2) is 47.4 Å². The van der Waals surface area contributed by atoms with Gasteiger partial charge >= 0.3 is 0 Å². The van der Waals surface area contributed by atoms with Gasteiger partial charge in [0.15, 0.2) is 0 Å². The van der Waals surface area contributed by atoms with Gasteiger partial charge in [0.2, 0.25) is 10.0 Å². The zero-order valence-electron chi connectivity index (χ0n) is 16.4. The Labute approximate surface area is 173 Å². The summed E-state index contributed by atoms with van der Waals surface area (Å²) in [6.07, 6.45) is 0. The van der Waals surface area contributed by atoms with Crippen LogP contribution in [0.3, 0.4) is 0 Å². The van der Waals surface area contributed by atoms with E-state index in [-0.39, 0.29) is 29.3 Å². The molecule has 2 saturated heterocycles. The monoisotopic (exact) mass is 422 g/mol. The first kappa shape index (κ1) is 21.1. The Morgan fingerprint density at radius 1 is 1.11 bits per heavy atom. The molecule has 4 rings (SSSR count). The third kappa shape index (κ3) is 3.43. The van der Waals surface area contributed by atoms with Crippen molar-refractivity contribution >= 4 is 22.4 Å². The molecule has 7 heteroatoms.